The van der Waals surface area contributed by atoms with Crippen LogP contribution in [0.2, 0.25) is 10.0 Å². The van der Waals surface area contributed by atoms with Crippen LogP contribution in [0.5, 0.6) is 5.75 Å². The normalized spacial score (nSPS) is 12.1. The molecule has 1 unspecified atom stereocenters. The van der Waals surface area contributed by atoms with Crippen molar-refractivity contribution in [1.29, 1.82) is 0 Å². The number of hydrogen-bond acceptors (Lipinski definition) is 2. The highest BCUT2D eigenvalue weighted by Crippen LogP contribution is 2.20. The molecular weight excluding hydrogens is 343 g/mol. The van der Waals surface area contributed by atoms with E-state index in [0.717, 1.165) is 30.2 Å². The van der Waals surface area contributed by atoms with Crippen molar-refractivity contribution in [2.24, 2.45) is 0 Å². The third kappa shape index (κ3) is 5.02. The molecule has 1 heterocycles. The van der Waals surface area contributed by atoms with Crippen molar-refractivity contribution in [2.45, 2.75) is 25.5 Å². The van der Waals surface area contributed by atoms with E-state index in [1.807, 2.05) is 47.2 Å². The van der Waals surface area contributed by atoms with Crippen molar-refractivity contribution in [2.75, 3.05) is 0 Å². The zero-order valence-electron chi connectivity index (χ0n) is 13.1. The van der Waals surface area contributed by atoms with Crippen LogP contribution in [-0.4, -0.2) is 15.7 Å². The molecule has 0 radical (unpaired) electrons. The molecule has 3 nitrogen and oxygen atoms in total. The Kier molecular flexibility index (Phi) is 5.78. The third-order valence-corrected chi connectivity index (χ3v) is 4.26. The molecule has 3 aromatic rings. The summed E-state index contributed by atoms with van der Waals surface area (Å²) in [7, 11) is 0. The van der Waals surface area contributed by atoms with Crippen molar-refractivity contribution in [3.05, 3.63) is 82.9 Å². The van der Waals surface area contributed by atoms with E-state index in [1.165, 1.54) is 5.56 Å². The Morgan fingerprint density at radius 2 is 1.62 bits per heavy atom. The van der Waals surface area contributed by atoms with Gasteiger partial charge in [-0.2, -0.15) is 0 Å². The summed E-state index contributed by atoms with van der Waals surface area (Å²) in [6.07, 6.45) is 7.38. The first-order valence-electron chi connectivity index (χ1n) is 7.81. The number of halogens is 2. The van der Waals surface area contributed by atoms with Gasteiger partial charge in [-0.1, -0.05) is 35.3 Å². The van der Waals surface area contributed by atoms with Gasteiger partial charge in [0.1, 0.15) is 11.9 Å². The van der Waals surface area contributed by atoms with Gasteiger partial charge in [-0.3, -0.25) is 0 Å². The summed E-state index contributed by atoms with van der Waals surface area (Å²) in [6.45, 7) is 0.746. The van der Waals surface area contributed by atoms with E-state index in [2.05, 4.69) is 17.1 Å². The van der Waals surface area contributed by atoms with E-state index in [1.54, 1.807) is 12.5 Å². The van der Waals surface area contributed by atoms with E-state index >= 15 is 0 Å². The van der Waals surface area contributed by atoms with Gasteiger partial charge in [-0.25, -0.2) is 4.98 Å². The number of aryl methyl sites for hydroxylation is 1. The van der Waals surface area contributed by atoms with Crippen LogP contribution in [0.1, 0.15) is 12.0 Å². The lowest BCUT2D eigenvalue weighted by atomic mass is 10.1. The van der Waals surface area contributed by atoms with Gasteiger partial charge in [0.15, 0.2) is 0 Å². The van der Waals surface area contributed by atoms with Gasteiger partial charge in [0, 0.05) is 22.4 Å². The van der Waals surface area contributed by atoms with Crippen LogP contribution < -0.4 is 4.74 Å². The van der Waals surface area contributed by atoms with Crippen molar-refractivity contribution in [3.63, 3.8) is 0 Å². The van der Waals surface area contributed by atoms with E-state index < -0.39 is 0 Å². The summed E-state index contributed by atoms with van der Waals surface area (Å²) >= 11 is 11.9. The summed E-state index contributed by atoms with van der Waals surface area (Å²) in [4.78, 5) is 4.10. The number of nitrogens with zero attached hydrogens (tertiary/aromatic N) is 2. The van der Waals surface area contributed by atoms with E-state index in [-0.39, 0.29) is 6.10 Å². The molecule has 3 rings (SSSR count). The van der Waals surface area contributed by atoms with E-state index in [0.29, 0.717) is 5.02 Å². The molecule has 124 valence electrons. The topological polar surface area (TPSA) is 27.1 Å². The summed E-state index contributed by atoms with van der Waals surface area (Å²) in [5, 5.41) is 1.46. The number of rotatable bonds is 7. The molecule has 1 aromatic heterocycles. The molecule has 24 heavy (non-hydrogen) atoms. The second-order valence-electron chi connectivity index (χ2n) is 5.62. The van der Waals surface area contributed by atoms with Crippen molar-refractivity contribution in [1.82, 2.24) is 9.55 Å². The largest absolute Gasteiger partial charge is 0.489 e. The van der Waals surface area contributed by atoms with Gasteiger partial charge >= 0.3 is 0 Å². The first-order valence-corrected chi connectivity index (χ1v) is 8.57. The zero-order valence-corrected chi connectivity index (χ0v) is 14.6. The molecule has 0 aliphatic carbocycles. The SMILES string of the molecule is Clc1ccc(CCC(Cn2ccnc2)Oc2ccc(Cl)cc2)cc1. The highest BCUT2D eigenvalue weighted by atomic mass is 35.5. The highest BCUT2D eigenvalue weighted by molar-refractivity contribution is 6.30. The van der Waals surface area contributed by atoms with Crippen LogP contribution in [-0.2, 0) is 13.0 Å². The van der Waals surface area contributed by atoms with Crippen LogP contribution in [0.25, 0.3) is 0 Å². The molecule has 5 heteroatoms. The van der Waals surface area contributed by atoms with Crippen LogP contribution in [0.4, 0.5) is 0 Å². The maximum atomic E-state index is 6.15. The zero-order chi connectivity index (χ0) is 16.8. The fourth-order valence-electron chi connectivity index (χ4n) is 2.50. The first-order chi connectivity index (χ1) is 11.7. The lowest BCUT2D eigenvalue weighted by molar-refractivity contribution is 0.170. The molecule has 0 N–H and O–H groups in total. The predicted molar refractivity (Wildman–Crippen MR) is 97.9 cm³/mol. The Balaban J connectivity index is 1.66. The molecular formula is C19H18Cl2N2O. The van der Waals surface area contributed by atoms with E-state index in [4.69, 9.17) is 27.9 Å². The number of imidazole rings is 1. The van der Waals surface area contributed by atoms with Gasteiger partial charge in [0.05, 0.1) is 12.9 Å². The maximum Gasteiger partial charge on any atom is 0.119 e. The summed E-state index contributed by atoms with van der Waals surface area (Å²) in [6, 6.07) is 15.4. The Morgan fingerprint density at radius 1 is 0.958 bits per heavy atom. The summed E-state index contributed by atoms with van der Waals surface area (Å²) in [5.41, 5.74) is 1.25. The standard InChI is InChI=1S/C19H18Cl2N2O/c20-16-4-1-15(2-5-16)3-8-19(13-23-12-11-22-14-23)24-18-9-6-17(21)7-10-18/h1-2,4-7,9-12,14,19H,3,8,13H2. The quantitative estimate of drug-likeness (QED) is 0.573. The smallest absolute Gasteiger partial charge is 0.119 e. The molecule has 0 fully saturated rings. The van der Waals surface area contributed by atoms with Gasteiger partial charge in [-0.05, 0) is 54.8 Å². The predicted octanol–water partition coefficient (Wildman–Crippen LogP) is 5.27. The Hall–Kier alpha value is -1.97. The van der Waals surface area contributed by atoms with Gasteiger partial charge in [0.2, 0.25) is 0 Å². The Bertz CT molecular complexity index is 740. The molecule has 0 aliphatic rings. The minimum atomic E-state index is 0.0380. The van der Waals surface area contributed by atoms with Crippen molar-refractivity contribution < 1.29 is 4.74 Å². The van der Waals surface area contributed by atoms with Crippen molar-refractivity contribution >= 4 is 23.2 Å². The Labute approximate surface area is 151 Å². The lowest BCUT2D eigenvalue weighted by Crippen LogP contribution is -2.23. The minimum absolute atomic E-state index is 0.0380. The summed E-state index contributed by atoms with van der Waals surface area (Å²) < 4.78 is 8.19. The van der Waals surface area contributed by atoms with Gasteiger partial charge in [0.25, 0.3) is 0 Å². The van der Waals surface area contributed by atoms with Gasteiger partial charge < -0.3 is 9.30 Å². The fourth-order valence-corrected chi connectivity index (χ4v) is 2.75. The van der Waals surface area contributed by atoms with E-state index in [9.17, 15) is 0 Å². The molecule has 1 atom stereocenters. The third-order valence-electron chi connectivity index (χ3n) is 3.76. The number of aromatic nitrogens is 2. The molecule has 0 spiro atoms. The average Bonchev–Trinajstić information content (AvgIpc) is 3.09. The van der Waals surface area contributed by atoms with Crippen LogP contribution >= 0.6 is 23.2 Å². The second kappa shape index (κ2) is 8.22. The maximum absolute atomic E-state index is 6.15. The van der Waals surface area contributed by atoms with Crippen LogP contribution in [0, 0.1) is 0 Å². The number of hydrogen-bond donors (Lipinski definition) is 0. The fraction of sp³-hybridized carbons (Fsp3) is 0.211. The minimum Gasteiger partial charge on any atom is -0.489 e. The molecule has 2 aromatic carbocycles. The Morgan fingerprint density at radius 3 is 2.25 bits per heavy atom. The highest BCUT2D eigenvalue weighted by Gasteiger charge is 2.12. The van der Waals surface area contributed by atoms with Gasteiger partial charge in [-0.15, -0.1) is 0 Å². The number of benzene rings is 2. The monoisotopic (exact) mass is 360 g/mol. The summed E-state index contributed by atoms with van der Waals surface area (Å²) in [5.74, 6) is 0.820. The molecule has 0 saturated heterocycles. The second-order valence-corrected chi connectivity index (χ2v) is 6.49. The number of ether oxygens (including phenoxy) is 1. The average molecular weight is 361 g/mol. The van der Waals surface area contributed by atoms with Crippen LogP contribution in [0.3, 0.4) is 0 Å². The lowest BCUT2D eigenvalue weighted by Gasteiger charge is -2.20. The van der Waals surface area contributed by atoms with Crippen molar-refractivity contribution in [3.8, 4) is 5.75 Å². The molecule has 0 saturated carbocycles. The molecule has 0 amide bonds. The first kappa shape index (κ1) is 16.9. The molecule has 0 bridgehead atoms. The van der Waals surface area contributed by atoms with Crippen LogP contribution in [0.15, 0.2) is 67.3 Å². The molecule has 0 aliphatic heterocycles.